The van der Waals surface area contributed by atoms with Crippen molar-refractivity contribution in [3.8, 4) is 0 Å². The summed E-state index contributed by atoms with van der Waals surface area (Å²) in [4.78, 5) is 28.8. The van der Waals surface area contributed by atoms with Crippen LogP contribution < -0.4 is 9.80 Å². The van der Waals surface area contributed by atoms with Crippen molar-refractivity contribution in [2.45, 2.75) is 45.4 Å². The first-order valence-electron chi connectivity index (χ1n) is 11.4. The lowest BCUT2D eigenvalue weighted by Gasteiger charge is -2.36. The number of piperazine rings is 1. The van der Waals surface area contributed by atoms with Crippen LogP contribution in [0.25, 0.3) is 0 Å². The first-order chi connectivity index (χ1) is 14.7. The van der Waals surface area contributed by atoms with Gasteiger partial charge < -0.3 is 14.7 Å². The number of aryl methyl sites for hydroxylation is 2. The summed E-state index contributed by atoms with van der Waals surface area (Å²) in [5.41, 5.74) is 2.32. The minimum absolute atomic E-state index is 0.276. The quantitative estimate of drug-likeness (QED) is 0.734. The zero-order valence-electron chi connectivity index (χ0n) is 18.1. The number of carbonyl (C=O) groups is 1. The second-order valence-corrected chi connectivity index (χ2v) is 8.42. The van der Waals surface area contributed by atoms with Crippen molar-refractivity contribution in [1.82, 2.24) is 14.9 Å². The van der Waals surface area contributed by atoms with E-state index < -0.39 is 0 Å². The van der Waals surface area contributed by atoms with Gasteiger partial charge in [-0.2, -0.15) is 4.98 Å². The van der Waals surface area contributed by atoms with Crippen molar-refractivity contribution in [1.29, 1.82) is 0 Å². The molecule has 30 heavy (non-hydrogen) atoms. The van der Waals surface area contributed by atoms with Crippen molar-refractivity contribution in [3.05, 3.63) is 47.7 Å². The van der Waals surface area contributed by atoms with E-state index in [1.54, 1.807) is 0 Å². The molecule has 0 spiro atoms. The summed E-state index contributed by atoms with van der Waals surface area (Å²) in [6.07, 6.45) is 6.24. The first-order valence-corrected chi connectivity index (χ1v) is 11.4. The number of hydrogen-bond donors (Lipinski definition) is 0. The number of rotatable bonds is 6. The third-order valence-electron chi connectivity index (χ3n) is 6.12. The molecule has 2 aliphatic heterocycles. The number of piperidine rings is 1. The summed E-state index contributed by atoms with van der Waals surface area (Å²) in [5.74, 6) is 2.14. The molecule has 1 aromatic carbocycles. The van der Waals surface area contributed by atoms with Gasteiger partial charge in [-0.3, -0.25) is 4.79 Å². The van der Waals surface area contributed by atoms with Gasteiger partial charge in [0.05, 0.1) is 0 Å². The smallest absolute Gasteiger partial charge is 0.227 e. The van der Waals surface area contributed by atoms with Crippen molar-refractivity contribution < 1.29 is 4.79 Å². The highest BCUT2D eigenvalue weighted by molar-refractivity contribution is 5.76. The van der Waals surface area contributed by atoms with E-state index in [0.717, 1.165) is 69.6 Å². The standard InChI is InChI=1S/C24H33N5O/c1-20-19-22(26-24(25-20)29-13-6-3-7-14-29)27-15-17-28(18-16-27)23(30)12-8-11-21-9-4-2-5-10-21/h2,4-5,9-10,19H,3,6-8,11-18H2,1H3. The van der Waals surface area contributed by atoms with E-state index >= 15 is 0 Å². The molecule has 0 atom stereocenters. The van der Waals surface area contributed by atoms with E-state index in [-0.39, 0.29) is 5.91 Å². The van der Waals surface area contributed by atoms with Gasteiger partial charge in [0.1, 0.15) is 5.82 Å². The summed E-state index contributed by atoms with van der Waals surface area (Å²) >= 11 is 0. The SMILES string of the molecule is Cc1cc(N2CCN(C(=O)CCCc3ccccc3)CC2)nc(N2CCCCC2)n1. The van der Waals surface area contributed by atoms with Crippen LogP contribution in [0.3, 0.4) is 0 Å². The van der Waals surface area contributed by atoms with E-state index in [2.05, 4.69) is 45.1 Å². The molecule has 2 aromatic rings. The summed E-state index contributed by atoms with van der Waals surface area (Å²) in [7, 11) is 0. The Balaban J connectivity index is 1.28. The van der Waals surface area contributed by atoms with Crippen LogP contribution in [0.5, 0.6) is 0 Å². The van der Waals surface area contributed by atoms with Crippen LogP contribution >= 0.6 is 0 Å². The minimum atomic E-state index is 0.276. The number of anilines is 2. The molecule has 2 fully saturated rings. The van der Waals surface area contributed by atoms with Gasteiger partial charge >= 0.3 is 0 Å². The van der Waals surface area contributed by atoms with Gasteiger partial charge in [-0.05, 0) is 44.6 Å². The monoisotopic (exact) mass is 407 g/mol. The molecule has 0 aliphatic carbocycles. The van der Waals surface area contributed by atoms with Gasteiger partial charge in [0, 0.05) is 57.4 Å². The van der Waals surface area contributed by atoms with Crippen molar-refractivity contribution in [3.63, 3.8) is 0 Å². The van der Waals surface area contributed by atoms with Crippen LogP contribution in [-0.4, -0.2) is 60.0 Å². The van der Waals surface area contributed by atoms with Crippen LogP contribution in [0, 0.1) is 6.92 Å². The predicted molar refractivity (Wildman–Crippen MR) is 121 cm³/mol. The Bertz CT molecular complexity index is 827. The number of amides is 1. The Morgan fingerprint density at radius 2 is 1.63 bits per heavy atom. The molecule has 2 aliphatic rings. The maximum Gasteiger partial charge on any atom is 0.227 e. The first kappa shape index (κ1) is 20.6. The number of nitrogens with zero attached hydrogens (tertiary/aromatic N) is 5. The van der Waals surface area contributed by atoms with Crippen LogP contribution in [-0.2, 0) is 11.2 Å². The Labute approximate surface area is 179 Å². The summed E-state index contributed by atoms with van der Waals surface area (Å²) < 4.78 is 0. The fourth-order valence-electron chi connectivity index (χ4n) is 4.37. The number of benzene rings is 1. The maximum atomic E-state index is 12.6. The molecule has 3 heterocycles. The lowest BCUT2D eigenvalue weighted by molar-refractivity contribution is -0.131. The number of carbonyl (C=O) groups excluding carboxylic acids is 1. The minimum Gasteiger partial charge on any atom is -0.353 e. The van der Waals surface area contributed by atoms with Crippen molar-refractivity contribution >= 4 is 17.7 Å². The molecular formula is C24H33N5O. The zero-order valence-corrected chi connectivity index (χ0v) is 18.1. The van der Waals surface area contributed by atoms with Crippen LogP contribution in [0.2, 0.25) is 0 Å². The highest BCUT2D eigenvalue weighted by atomic mass is 16.2. The second-order valence-electron chi connectivity index (χ2n) is 8.42. The molecule has 0 N–H and O–H groups in total. The highest BCUT2D eigenvalue weighted by Gasteiger charge is 2.23. The number of hydrogen-bond acceptors (Lipinski definition) is 5. The molecule has 1 aromatic heterocycles. The molecule has 0 saturated carbocycles. The summed E-state index contributed by atoms with van der Waals surface area (Å²) in [6.45, 7) is 7.35. The van der Waals surface area contributed by atoms with E-state index in [1.807, 2.05) is 17.9 Å². The normalized spacial score (nSPS) is 17.3. The number of aromatic nitrogens is 2. The fourth-order valence-corrected chi connectivity index (χ4v) is 4.37. The molecule has 1 amide bonds. The molecular weight excluding hydrogens is 374 g/mol. The molecule has 6 nitrogen and oxygen atoms in total. The topological polar surface area (TPSA) is 52.6 Å². The molecule has 6 heteroatoms. The molecule has 0 radical (unpaired) electrons. The van der Waals surface area contributed by atoms with Crippen LogP contribution in [0.4, 0.5) is 11.8 Å². The van der Waals surface area contributed by atoms with Gasteiger partial charge in [-0.15, -0.1) is 0 Å². The zero-order chi connectivity index (χ0) is 20.8. The molecule has 160 valence electrons. The average Bonchev–Trinajstić information content (AvgIpc) is 2.80. The lowest BCUT2D eigenvalue weighted by atomic mass is 10.1. The van der Waals surface area contributed by atoms with Crippen LogP contribution in [0.15, 0.2) is 36.4 Å². The predicted octanol–water partition coefficient (Wildman–Crippen LogP) is 3.45. The van der Waals surface area contributed by atoms with Crippen molar-refractivity contribution in [2.75, 3.05) is 49.1 Å². The fraction of sp³-hybridized carbons (Fsp3) is 0.542. The van der Waals surface area contributed by atoms with E-state index in [4.69, 9.17) is 4.98 Å². The van der Waals surface area contributed by atoms with Gasteiger partial charge in [0.15, 0.2) is 0 Å². The Hall–Kier alpha value is -2.63. The average molecular weight is 408 g/mol. The van der Waals surface area contributed by atoms with E-state index in [9.17, 15) is 4.79 Å². The molecule has 4 rings (SSSR count). The summed E-state index contributed by atoms with van der Waals surface area (Å²) in [6, 6.07) is 12.5. The molecule has 0 unspecified atom stereocenters. The van der Waals surface area contributed by atoms with Crippen molar-refractivity contribution in [2.24, 2.45) is 0 Å². The van der Waals surface area contributed by atoms with Gasteiger partial charge in [-0.25, -0.2) is 4.98 Å². The highest BCUT2D eigenvalue weighted by Crippen LogP contribution is 2.22. The van der Waals surface area contributed by atoms with E-state index in [1.165, 1.54) is 24.8 Å². The Morgan fingerprint density at radius 3 is 2.37 bits per heavy atom. The second kappa shape index (κ2) is 9.92. The largest absolute Gasteiger partial charge is 0.353 e. The van der Waals surface area contributed by atoms with Gasteiger partial charge in [-0.1, -0.05) is 30.3 Å². The lowest BCUT2D eigenvalue weighted by Crippen LogP contribution is -2.49. The Kier molecular flexibility index (Phi) is 6.82. The summed E-state index contributed by atoms with van der Waals surface area (Å²) in [5, 5.41) is 0. The Morgan fingerprint density at radius 1 is 0.900 bits per heavy atom. The maximum absolute atomic E-state index is 12.6. The third kappa shape index (κ3) is 5.29. The van der Waals surface area contributed by atoms with Crippen LogP contribution in [0.1, 0.15) is 43.4 Å². The molecule has 0 bridgehead atoms. The van der Waals surface area contributed by atoms with Gasteiger partial charge in [0.2, 0.25) is 11.9 Å². The van der Waals surface area contributed by atoms with Gasteiger partial charge in [0.25, 0.3) is 0 Å². The van der Waals surface area contributed by atoms with E-state index in [0.29, 0.717) is 6.42 Å². The third-order valence-corrected chi connectivity index (χ3v) is 6.12. The molecule has 2 saturated heterocycles.